The average Bonchev–Trinajstić information content (AvgIpc) is 3.09. The molecule has 0 atom stereocenters. The molecule has 0 radical (unpaired) electrons. The fourth-order valence-corrected chi connectivity index (χ4v) is 2.72. The summed E-state index contributed by atoms with van der Waals surface area (Å²) in [7, 11) is 0. The molecule has 1 fully saturated rings. The van der Waals surface area contributed by atoms with E-state index >= 15 is 0 Å². The number of nitrogens with one attached hydrogen (secondary N) is 1. The molecule has 25 heavy (non-hydrogen) atoms. The molecule has 2 aromatic carbocycles. The summed E-state index contributed by atoms with van der Waals surface area (Å²) >= 11 is 0. The van der Waals surface area contributed by atoms with Crippen LogP contribution in [0.1, 0.15) is 24.0 Å². The first-order valence-electron chi connectivity index (χ1n) is 8.31. The van der Waals surface area contributed by atoms with E-state index in [1.54, 1.807) is 6.34 Å². The summed E-state index contributed by atoms with van der Waals surface area (Å²) in [6, 6.07) is 7.25. The van der Waals surface area contributed by atoms with Crippen molar-refractivity contribution in [2.75, 3.05) is 13.1 Å². The zero-order valence-corrected chi connectivity index (χ0v) is 14.4. The van der Waals surface area contributed by atoms with Gasteiger partial charge in [-0.15, -0.1) is 0 Å². The third-order valence-electron chi connectivity index (χ3n) is 4.16. The largest absolute Gasteiger partial charge is 0.457 e. The smallest absolute Gasteiger partial charge is 0.162 e. The Morgan fingerprint density at radius 1 is 1.04 bits per heavy atom. The highest BCUT2D eigenvalue weighted by Crippen LogP contribution is 2.31. The molecule has 6 heteroatoms. The zero-order chi connectivity index (χ0) is 17.8. The normalized spacial score (nSPS) is 15.0. The van der Waals surface area contributed by atoms with Gasteiger partial charge in [-0.2, -0.15) is 0 Å². The van der Waals surface area contributed by atoms with E-state index in [0.717, 1.165) is 42.0 Å². The van der Waals surface area contributed by atoms with Crippen molar-refractivity contribution >= 4 is 12.0 Å². The van der Waals surface area contributed by atoms with E-state index in [4.69, 9.17) is 4.74 Å². The quantitative estimate of drug-likeness (QED) is 0.634. The number of hydrogen-bond donors (Lipinski definition) is 1. The number of aryl methyl sites for hydroxylation is 2. The third kappa shape index (κ3) is 4.33. The van der Waals surface area contributed by atoms with Crippen LogP contribution in [0.2, 0.25) is 0 Å². The minimum Gasteiger partial charge on any atom is -0.457 e. The van der Waals surface area contributed by atoms with Gasteiger partial charge in [-0.25, -0.2) is 18.8 Å². The molecule has 0 saturated carbocycles. The molecule has 4 nitrogen and oxygen atoms in total. The predicted octanol–water partition coefficient (Wildman–Crippen LogP) is 4.63. The number of aliphatic imine (C=N–C) groups is 1. The molecule has 132 valence electrons. The van der Waals surface area contributed by atoms with Gasteiger partial charge in [-0.1, -0.05) is 0 Å². The van der Waals surface area contributed by atoms with E-state index in [0.29, 0.717) is 5.75 Å². The molecule has 0 aromatic heterocycles. The topological polar surface area (TPSA) is 36.9 Å². The van der Waals surface area contributed by atoms with Crippen LogP contribution in [0.4, 0.5) is 14.5 Å². The van der Waals surface area contributed by atoms with Crippen LogP contribution in [-0.2, 0) is 0 Å². The lowest BCUT2D eigenvalue weighted by molar-refractivity contribution is 0.300. The Morgan fingerprint density at radius 2 is 1.80 bits per heavy atom. The SMILES string of the molecule is Cc1cc(Oc2ccc(F)c(F)c2)c(C)cc1/N=C/NN1CCCC1. The first kappa shape index (κ1) is 17.4. The van der Waals surface area contributed by atoms with E-state index in [2.05, 4.69) is 15.4 Å². The van der Waals surface area contributed by atoms with Gasteiger partial charge in [0.05, 0.1) is 5.69 Å². The van der Waals surface area contributed by atoms with Crippen LogP contribution in [0.15, 0.2) is 35.3 Å². The van der Waals surface area contributed by atoms with Gasteiger partial charge in [0.15, 0.2) is 11.6 Å². The number of benzene rings is 2. The minimum absolute atomic E-state index is 0.258. The fourth-order valence-electron chi connectivity index (χ4n) is 2.72. The highest BCUT2D eigenvalue weighted by atomic mass is 19.2. The summed E-state index contributed by atoms with van der Waals surface area (Å²) in [5.41, 5.74) is 5.81. The Kier molecular flexibility index (Phi) is 5.28. The lowest BCUT2D eigenvalue weighted by Crippen LogP contribution is -2.33. The van der Waals surface area contributed by atoms with E-state index in [-0.39, 0.29) is 5.75 Å². The van der Waals surface area contributed by atoms with Gasteiger partial charge in [-0.3, -0.25) is 0 Å². The number of rotatable bonds is 5. The first-order chi connectivity index (χ1) is 12.0. The van der Waals surface area contributed by atoms with Gasteiger partial charge in [0, 0.05) is 19.2 Å². The Bertz CT molecular complexity index is 786. The van der Waals surface area contributed by atoms with Gasteiger partial charge in [0.1, 0.15) is 17.8 Å². The second-order valence-corrected chi connectivity index (χ2v) is 6.16. The number of halogens is 2. The van der Waals surface area contributed by atoms with Crippen LogP contribution < -0.4 is 10.2 Å². The predicted molar refractivity (Wildman–Crippen MR) is 94.4 cm³/mol. The van der Waals surface area contributed by atoms with Crippen molar-refractivity contribution in [1.29, 1.82) is 0 Å². The first-order valence-corrected chi connectivity index (χ1v) is 8.31. The summed E-state index contributed by atoms with van der Waals surface area (Å²) < 4.78 is 32.0. The number of hydrazine groups is 1. The summed E-state index contributed by atoms with van der Waals surface area (Å²) in [6.45, 7) is 5.89. The zero-order valence-electron chi connectivity index (χ0n) is 14.4. The van der Waals surface area contributed by atoms with Crippen molar-refractivity contribution in [2.45, 2.75) is 26.7 Å². The summed E-state index contributed by atoms with van der Waals surface area (Å²) in [4.78, 5) is 4.46. The second-order valence-electron chi connectivity index (χ2n) is 6.16. The average molecular weight is 345 g/mol. The van der Waals surface area contributed by atoms with Crippen LogP contribution in [0.5, 0.6) is 11.5 Å². The van der Waals surface area contributed by atoms with Gasteiger partial charge in [-0.05, 0) is 62.1 Å². The van der Waals surface area contributed by atoms with Crippen molar-refractivity contribution in [1.82, 2.24) is 10.4 Å². The van der Waals surface area contributed by atoms with Gasteiger partial charge >= 0.3 is 0 Å². The molecule has 0 bridgehead atoms. The minimum atomic E-state index is -0.930. The van der Waals surface area contributed by atoms with Crippen molar-refractivity contribution in [3.63, 3.8) is 0 Å². The van der Waals surface area contributed by atoms with Crippen LogP contribution >= 0.6 is 0 Å². The molecule has 0 aliphatic carbocycles. The van der Waals surface area contributed by atoms with Crippen molar-refractivity contribution in [3.8, 4) is 11.5 Å². The molecule has 0 unspecified atom stereocenters. The molecule has 1 heterocycles. The van der Waals surface area contributed by atoms with E-state index in [1.165, 1.54) is 18.9 Å². The second kappa shape index (κ2) is 7.61. The monoisotopic (exact) mass is 345 g/mol. The molecule has 1 N–H and O–H groups in total. The molecule has 0 amide bonds. The summed E-state index contributed by atoms with van der Waals surface area (Å²) in [6.07, 6.45) is 4.10. The Balaban J connectivity index is 1.72. The molecule has 1 aliphatic heterocycles. The van der Waals surface area contributed by atoms with Crippen LogP contribution in [0.3, 0.4) is 0 Å². The molecular weight excluding hydrogens is 324 g/mol. The Hall–Kier alpha value is -2.47. The van der Waals surface area contributed by atoms with Crippen molar-refractivity contribution in [3.05, 3.63) is 53.1 Å². The molecule has 2 aromatic rings. The van der Waals surface area contributed by atoms with Gasteiger partial charge in [0.25, 0.3) is 0 Å². The lowest BCUT2D eigenvalue weighted by atomic mass is 10.1. The van der Waals surface area contributed by atoms with E-state index < -0.39 is 11.6 Å². The summed E-state index contributed by atoms with van der Waals surface area (Å²) in [5, 5.41) is 2.13. The third-order valence-corrected chi connectivity index (χ3v) is 4.16. The molecular formula is C19H21F2N3O. The Labute approximate surface area is 146 Å². The maximum atomic E-state index is 13.3. The standard InChI is InChI=1S/C19H21F2N3O/c1-13-10-19(25-15-5-6-16(20)17(21)11-15)14(2)9-18(13)22-12-23-24-7-3-4-8-24/h5-6,9-12H,3-4,7-8H2,1-2H3,(H,22,23). The van der Waals surface area contributed by atoms with Crippen molar-refractivity contribution in [2.24, 2.45) is 4.99 Å². The lowest BCUT2D eigenvalue weighted by Gasteiger charge is -2.14. The molecule has 1 aliphatic rings. The fraction of sp³-hybridized carbons (Fsp3) is 0.316. The highest BCUT2D eigenvalue weighted by molar-refractivity contribution is 5.64. The Morgan fingerprint density at radius 3 is 2.52 bits per heavy atom. The van der Waals surface area contributed by atoms with E-state index in [1.807, 2.05) is 26.0 Å². The molecule has 0 spiro atoms. The van der Waals surface area contributed by atoms with Gasteiger partial charge in [0.2, 0.25) is 0 Å². The number of hydrogen-bond acceptors (Lipinski definition) is 3. The number of ether oxygens (including phenoxy) is 1. The molecule has 3 rings (SSSR count). The van der Waals surface area contributed by atoms with Crippen LogP contribution in [0.25, 0.3) is 0 Å². The maximum Gasteiger partial charge on any atom is 0.162 e. The van der Waals surface area contributed by atoms with Crippen molar-refractivity contribution < 1.29 is 13.5 Å². The van der Waals surface area contributed by atoms with Crippen LogP contribution in [-0.4, -0.2) is 24.4 Å². The van der Waals surface area contributed by atoms with Crippen LogP contribution in [0, 0.1) is 25.5 Å². The maximum absolute atomic E-state index is 13.3. The number of nitrogens with zero attached hydrogens (tertiary/aromatic N) is 2. The van der Waals surface area contributed by atoms with E-state index in [9.17, 15) is 8.78 Å². The molecule has 1 saturated heterocycles. The van der Waals surface area contributed by atoms with Gasteiger partial charge < -0.3 is 10.2 Å². The summed E-state index contributed by atoms with van der Waals surface area (Å²) in [5.74, 6) is -0.972. The highest BCUT2D eigenvalue weighted by Gasteiger charge is 2.10.